The summed E-state index contributed by atoms with van der Waals surface area (Å²) in [7, 11) is 0. The lowest BCUT2D eigenvalue weighted by molar-refractivity contribution is -0.188. The number of carboxylic acid groups (broad SMARTS) is 1. The number of aliphatic carboxylic acids is 1. The summed E-state index contributed by atoms with van der Waals surface area (Å²) in [6.45, 7) is 13.6. The van der Waals surface area contributed by atoms with Gasteiger partial charge in [-0.1, -0.05) is 52.3 Å². The molecule has 0 saturated heterocycles. The van der Waals surface area contributed by atoms with Crippen LogP contribution in [0.2, 0.25) is 0 Å². The predicted molar refractivity (Wildman–Crippen MR) is 129 cm³/mol. The zero-order valence-corrected chi connectivity index (χ0v) is 21.4. The lowest BCUT2D eigenvalue weighted by atomic mass is 9.39. The van der Waals surface area contributed by atoms with Crippen LogP contribution >= 0.6 is 0 Å². The molecule has 5 aliphatic rings. The SMILES string of the molecule is C[C@@H]1CCC2(C(=O)O)CC[C@]3(C)C(=CCC4C3CCC3C(C)(C)C=C(CO)C43C)C2[C@]1(C)O. The fraction of sp³-hybridized carbons (Fsp3) is 0.828. The molecule has 0 heterocycles. The first-order valence-corrected chi connectivity index (χ1v) is 13.3. The van der Waals surface area contributed by atoms with Crippen LogP contribution in [-0.4, -0.2) is 33.5 Å². The van der Waals surface area contributed by atoms with Crippen molar-refractivity contribution in [2.45, 2.75) is 92.1 Å². The fourth-order valence-corrected chi connectivity index (χ4v) is 10.2. The standard InChI is InChI=1S/C29H44O4/c1-17-11-12-29(24(31)32)14-13-26(4)19-9-10-22-25(2,3)15-18(16-30)27(22,5)20(19)7-8-21(26)23(29)28(17,6)33/h8,15,17,19-20,22-23,30,33H,7,9-14,16H2,1-6H3,(H,31,32)/t17-,19?,20?,22?,23?,26+,27?,28-,29?/m1/s1. The molecular weight excluding hydrogens is 412 g/mol. The van der Waals surface area contributed by atoms with Crippen molar-refractivity contribution in [1.82, 2.24) is 0 Å². The summed E-state index contributed by atoms with van der Waals surface area (Å²) in [5, 5.41) is 32.6. The Morgan fingerprint density at radius 3 is 2.36 bits per heavy atom. The van der Waals surface area contributed by atoms with E-state index in [-0.39, 0.29) is 34.7 Å². The van der Waals surface area contributed by atoms with Gasteiger partial charge in [0.25, 0.3) is 0 Å². The molecule has 0 aliphatic heterocycles. The van der Waals surface area contributed by atoms with E-state index in [0.717, 1.165) is 32.1 Å². The monoisotopic (exact) mass is 456 g/mol. The number of hydrogen-bond donors (Lipinski definition) is 3. The summed E-state index contributed by atoms with van der Waals surface area (Å²) in [5.74, 6) is 0.499. The van der Waals surface area contributed by atoms with Crippen molar-refractivity contribution in [2.75, 3.05) is 6.61 Å². The highest BCUT2D eigenvalue weighted by atomic mass is 16.4. The van der Waals surface area contributed by atoms with E-state index in [2.05, 4.69) is 46.8 Å². The Morgan fingerprint density at radius 2 is 1.73 bits per heavy atom. The van der Waals surface area contributed by atoms with Crippen LogP contribution < -0.4 is 0 Å². The molecule has 3 saturated carbocycles. The van der Waals surface area contributed by atoms with E-state index in [0.29, 0.717) is 30.6 Å². The fourth-order valence-electron chi connectivity index (χ4n) is 10.2. The van der Waals surface area contributed by atoms with E-state index in [1.54, 1.807) is 0 Å². The maximum atomic E-state index is 12.7. The summed E-state index contributed by atoms with van der Waals surface area (Å²) < 4.78 is 0. The van der Waals surface area contributed by atoms with Crippen molar-refractivity contribution in [2.24, 2.45) is 51.2 Å². The Labute approximate surface area is 199 Å². The zero-order valence-electron chi connectivity index (χ0n) is 21.4. The quantitative estimate of drug-likeness (QED) is 0.473. The molecule has 5 aliphatic carbocycles. The van der Waals surface area contributed by atoms with Crippen molar-refractivity contribution in [3.05, 3.63) is 23.3 Å². The first kappa shape index (κ1) is 23.6. The number of carbonyl (C=O) groups is 1. The van der Waals surface area contributed by atoms with Gasteiger partial charge >= 0.3 is 5.97 Å². The summed E-state index contributed by atoms with van der Waals surface area (Å²) >= 11 is 0. The Morgan fingerprint density at radius 1 is 1.03 bits per heavy atom. The van der Waals surface area contributed by atoms with Crippen LogP contribution in [0, 0.1) is 51.2 Å². The van der Waals surface area contributed by atoms with Gasteiger partial charge in [-0.15, -0.1) is 0 Å². The predicted octanol–water partition coefficient (Wildman–Crippen LogP) is 5.59. The number of allylic oxidation sites excluding steroid dienone is 2. The largest absolute Gasteiger partial charge is 0.481 e. The highest BCUT2D eigenvalue weighted by Crippen LogP contribution is 2.72. The number of aliphatic hydroxyl groups excluding tert-OH is 1. The van der Waals surface area contributed by atoms with Gasteiger partial charge in [-0.05, 0) is 97.4 Å². The number of hydrogen-bond acceptors (Lipinski definition) is 3. The highest BCUT2D eigenvalue weighted by molar-refractivity contribution is 5.77. The van der Waals surface area contributed by atoms with Gasteiger partial charge < -0.3 is 15.3 Å². The summed E-state index contributed by atoms with van der Waals surface area (Å²) in [5.41, 5.74) is 0.579. The highest BCUT2D eigenvalue weighted by Gasteiger charge is 2.68. The van der Waals surface area contributed by atoms with Gasteiger partial charge in [-0.3, -0.25) is 4.79 Å². The van der Waals surface area contributed by atoms with Crippen molar-refractivity contribution >= 4 is 5.97 Å². The molecule has 4 heteroatoms. The van der Waals surface area contributed by atoms with E-state index in [1.165, 1.54) is 11.1 Å². The van der Waals surface area contributed by atoms with Crippen LogP contribution in [0.1, 0.15) is 86.5 Å². The topological polar surface area (TPSA) is 77.8 Å². The molecule has 0 aromatic heterocycles. The van der Waals surface area contributed by atoms with E-state index in [9.17, 15) is 20.1 Å². The van der Waals surface area contributed by atoms with Crippen molar-refractivity contribution in [3.63, 3.8) is 0 Å². The minimum absolute atomic E-state index is 0.0179. The molecule has 3 fully saturated rings. The molecule has 0 amide bonds. The Kier molecular flexibility index (Phi) is 4.98. The second kappa shape index (κ2) is 6.97. The van der Waals surface area contributed by atoms with Crippen LogP contribution in [0.4, 0.5) is 0 Å². The molecular formula is C29H44O4. The zero-order chi connectivity index (χ0) is 24.2. The minimum atomic E-state index is -1.01. The smallest absolute Gasteiger partial charge is 0.310 e. The van der Waals surface area contributed by atoms with Gasteiger partial charge in [0, 0.05) is 5.92 Å². The third-order valence-electron chi connectivity index (χ3n) is 12.1. The van der Waals surface area contributed by atoms with Crippen LogP contribution in [-0.2, 0) is 4.79 Å². The summed E-state index contributed by atoms with van der Waals surface area (Å²) in [6.07, 6.45) is 10.9. The van der Waals surface area contributed by atoms with Crippen LogP contribution in [0.15, 0.2) is 23.3 Å². The van der Waals surface area contributed by atoms with Crippen molar-refractivity contribution in [3.8, 4) is 0 Å². The number of rotatable bonds is 2. The molecule has 6 unspecified atom stereocenters. The molecule has 4 nitrogen and oxygen atoms in total. The van der Waals surface area contributed by atoms with Gasteiger partial charge in [0.1, 0.15) is 0 Å². The average molecular weight is 457 g/mol. The molecule has 0 aromatic carbocycles. The minimum Gasteiger partial charge on any atom is -0.481 e. The van der Waals surface area contributed by atoms with Crippen molar-refractivity contribution < 1.29 is 20.1 Å². The van der Waals surface area contributed by atoms with Gasteiger partial charge in [0.05, 0.1) is 17.6 Å². The van der Waals surface area contributed by atoms with E-state index in [1.807, 2.05) is 6.92 Å². The van der Waals surface area contributed by atoms with Crippen molar-refractivity contribution in [1.29, 1.82) is 0 Å². The second-order valence-corrected chi connectivity index (χ2v) is 13.6. The lowest BCUT2D eigenvalue weighted by Crippen LogP contribution is -2.64. The Balaban J connectivity index is 1.63. The maximum absolute atomic E-state index is 12.7. The lowest BCUT2D eigenvalue weighted by Gasteiger charge is -2.65. The molecule has 3 N–H and O–H groups in total. The Hall–Kier alpha value is -1.13. The van der Waals surface area contributed by atoms with Crippen LogP contribution in [0.3, 0.4) is 0 Å². The van der Waals surface area contributed by atoms with E-state index in [4.69, 9.17) is 0 Å². The molecule has 0 spiro atoms. The van der Waals surface area contributed by atoms with Crippen LogP contribution in [0.25, 0.3) is 0 Å². The normalized spacial score (nSPS) is 52.5. The first-order valence-electron chi connectivity index (χ1n) is 13.3. The van der Waals surface area contributed by atoms with Gasteiger partial charge in [0.15, 0.2) is 0 Å². The number of aliphatic hydroxyl groups is 2. The summed E-state index contributed by atoms with van der Waals surface area (Å²) in [6, 6.07) is 0. The average Bonchev–Trinajstić information content (AvgIpc) is 2.95. The molecule has 33 heavy (non-hydrogen) atoms. The van der Waals surface area contributed by atoms with E-state index >= 15 is 0 Å². The number of fused-ring (bicyclic) bond motifs is 7. The number of carboxylic acids is 1. The van der Waals surface area contributed by atoms with Gasteiger partial charge in [0.2, 0.25) is 0 Å². The van der Waals surface area contributed by atoms with Gasteiger partial charge in [-0.2, -0.15) is 0 Å². The second-order valence-electron chi connectivity index (χ2n) is 13.6. The summed E-state index contributed by atoms with van der Waals surface area (Å²) in [4.78, 5) is 12.7. The molecule has 5 rings (SSSR count). The molecule has 0 radical (unpaired) electrons. The Bertz CT molecular complexity index is 928. The van der Waals surface area contributed by atoms with E-state index < -0.39 is 17.0 Å². The molecule has 9 atom stereocenters. The third kappa shape index (κ3) is 2.74. The first-order chi connectivity index (χ1) is 15.3. The maximum Gasteiger partial charge on any atom is 0.310 e. The molecule has 0 aromatic rings. The molecule has 0 bridgehead atoms. The third-order valence-corrected chi connectivity index (χ3v) is 12.1. The van der Waals surface area contributed by atoms with Crippen LogP contribution in [0.5, 0.6) is 0 Å². The molecule has 184 valence electrons. The van der Waals surface area contributed by atoms with Gasteiger partial charge in [-0.25, -0.2) is 0 Å².